The van der Waals surface area contributed by atoms with E-state index in [0.29, 0.717) is 12.1 Å². The molecular weight excluding hydrogens is 234 g/mol. The minimum absolute atomic E-state index is 0.00143. The summed E-state index contributed by atoms with van der Waals surface area (Å²) in [6, 6.07) is 5.79. The lowest BCUT2D eigenvalue weighted by molar-refractivity contribution is -0.384. The fourth-order valence-electron chi connectivity index (χ4n) is 1.69. The molecule has 1 aliphatic heterocycles. The number of nitrogens with zero attached hydrogens (tertiary/aromatic N) is 3. The first-order valence-corrected chi connectivity index (χ1v) is 5.64. The van der Waals surface area contributed by atoms with Gasteiger partial charge in [-0.05, 0) is 18.1 Å². The smallest absolute Gasteiger partial charge is 0.269 e. The number of non-ortho nitro benzene ring substituents is 1. The molecule has 0 aromatic heterocycles. The van der Waals surface area contributed by atoms with Gasteiger partial charge in [0.2, 0.25) is 0 Å². The Morgan fingerprint density at radius 3 is 2.39 bits per heavy atom. The van der Waals surface area contributed by atoms with E-state index in [1.54, 1.807) is 0 Å². The molecule has 0 N–H and O–H groups in total. The maximum Gasteiger partial charge on any atom is 0.269 e. The number of carbonyl (C=O) groups is 1. The molecule has 1 aromatic rings. The number of carbonyl (C=O) groups excluding carboxylic acids is 1. The van der Waals surface area contributed by atoms with Crippen molar-refractivity contribution in [3.05, 3.63) is 34.4 Å². The van der Waals surface area contributed by atoms with E-state index in [1.807, 2.05) is 13.8 Å². The summed E-state index contributed by atoms with van der Waals surface area (Å²) in [5, 5.41) is 16.1. The van der Waals surface area contributed by atoms with Crippen molar-refractivity contribution >= 4 is 23.0 Å². The van der Waals surface area contributed by atoms with Crippen LogP contribution in [0.2, 0.25) is 0 Å². The second kappa shape index (κ2) is 4.56. The lowest BCUT2D eigenvalue weighted by Crippen LogP contribution is -2.19. The number of nitro groups is 1. The summed E-state index contributed by atoms with van der Waals surface area (Å²) in [4.78, 5) is 21.8. The Kier molecular flexibility index (Phi) is 3.10. The first kappa shape index (κ1) is 12.2. The molecule has 0 aliphatic carbocycles. The summed E-state index contributed by atoms with van der Waals surface area (Å²) in [5.74, 6) is 0.115. The van der Waals surface area contributed by atoms with Crippen molar-refractivity contribution in [1.82, 2.24) is 0 Å². The first-order valence-electron chi connectivity index (χ1n) is 5.64. The molecule has 1 heterocycles. The van der Waals surface area contributed by atoms with Crippen LogP contribution >= 0.6 is 0 Å². The zero-order valence-corrected chi connectivity index (χ0v) is 10.2. The van der Waals surface area contributed by atoms with Crippen molar-refractivity contribution in [2.24, 2.45) is 11.0 Å². The van der Waals surface area contributed by atoms with E-state index in [0.717, 1.165) is 5.71 Å². The van der Waals surface area contributed by atoms with Gasteiger partial charge >= 0.3 is 0 Å². The van der Waals surface area contributed by atoms with Gasteiger partial charge in [0.25, 0.3) is 11.6 Å². The minimum Gasteiger partial charge on any atom is -0.272 e. The number of anilines is 1. The van der Waals surface area contributed by atoms with Crippen LogP contribution in [0.15, 0.2) is 29.4 Å². The molecule has 0 unspecified atom stereocenters. The first-order chi connectivity index (χ1) is 8.49. The standard InChI is InChI=1S/C12H13N3O3/c1-8(2)11-7-12(16)14(13-11)9-3-5-10(6-4-9)15(17)18/h3-6,8H,7H2,1-2H3. The van der Waals surface area contributed by atoms with Crippen LogP contribution in [0.1, 0.15) is 20.3 Å². The topological polar surface area (TPSA) is 75.8 Å². The van der Waals surface area contributed by atoms with E-state index < -0.39 is 4.92 Å². The van der Waals surface area contributed by atoms with Gasteiger partial charge < -0.3 is 0 Å². The molecule has 2 rings (SSSR count). The molecule has 6 heteroatoms. The Hall–Kier alpha value is -2.24. The summed E-state index contributed by atoms with van der Waals surface area (Å²) in [7, 11) is 0. The van der Waals surface area contributed by atoms with Crippen LogP contribution in [-0.2, 0) is 4.79 Å². The van der Waals surface area contributed by atoms with Crippen molar-refractivity contribution < 1.29 is 9.72 Å². The molecule has 0 atom stereocenters. The second-order valence-electron chi connectivity index (χ2n) is 4.40. The van der Waals surface area contributed by atoms with Crippen LogP contribution in [0.3, 0.4) is 0 Å². The number of hydrazone groups is 1. The molecule has 18 heavy (non-hydrogen) atoms. The van der Waals surface area contributed by atoms with Crippen LogP contribution in [0, 0.1) is 16.0 Å². The molecule has 0 saturated heterocycles. The van der Waals surface area contributed by atoms with Gasteiger partial charge in [-0.3, -0.25) is 14.9 Å². The van der Waals surface area contributed by atoms with Gasteiger partial charge in [-0.25, -0.2) is 5.01 Å². The van der Waals surface area contributed by atoms with Crippen molar-refractivity contribution in [2.45, 2.75) is 20.3 Å². The van der Waals surface area contributed by atoms with Crippen LogP contribution in [0.4, 0.5) is 11.4 Å². The monoisotopic (exact) mass is 247 g/mol. The van der Waals surface area contributed by atoms with Crippen molar-refractivity contribution in [3.8, 4) is 0 Å². The summed E-state index contributed by atoms with van der Waals surface area (Å²) in [6.45, 7) is 3.96. The molecule has 0 bridgehead atoms. The molecule has 1 aliphatic rings. The molecule has 6 nitrogen and oxygen atoms in total. The van der Waals surface area contributed by atoms with Gasteiger partial charge in [0, 0.05) is 12.1 Å². The van der Waals surface area contributed by atoms with Gasteiger partial charge in [-0.15, -0.1) is 0 Å². The summed E-state index contributed by atoms with van der Waals surface area (Å²) in [6.07, 6.45) is 0.314. The zero-order chi connectivity index (χ0) is 13.3. The lowest BCUT2D eigenvalue weighted by Gasteiger charge is -2.10. The number of nitro benzene ring substituents is 1. The van der Waals surface area contributed by atoms with E-state index in [2.05, 4.69) is 5.10 Å². The number of rotatable bonds is 3. The van der Waals surface area contributed by atoms with E-state index in [1.165, 1.54) is 29.3 Å². The molecule has 1 aromatic carbocycles. The number of amides is 1. The van der Waals surface area contributed by atoms with E-state index in [-0.39, 0.29) is 17.5 Å². The third kappa shape index (κ3) is 2.22. The van der Waals surface area contributed by atoms with E-state index in [4.69, 9.17) is 0 Å². The molecule has 0 radical (unpaired) electrons. The van der Waals surface area contributed by atoms with Crippen molar-refractivity contribution in [1.29, 1.82) is 0 Å². The second-order valence-corrected chi connectivity index (χ2v) is 4.40. The molecule has 94 valence electrons. The molecule has 0 saturated carbocycles. The predicted octanol–water partition coefficient (Wildman–Crippen LogP) is 2.34. The maximum absolute atomic E-state index is 11.8. The van der Waals surface area contributed by atoms with Gasteiger partial charge in [-0.1, -0.05) is 13.8 Å². The third-order valence-corrected chi connectivity index (χ3v) is 2.77. The Labute approximate surface area is 104 Å². The van der Waals surface area contributed by atoms with E-state index in [9.17, 15) is 14.9 Å². The molecular formula is C12H13N3O3. The normalized spacial score (nSPS) is 15.2. The van der Waals surface area contributed by atoms with Gasteiger partial charge in [0.05, 0.1) is 22.7 Å². The molecule has 1 amide bonds. The highest BCUT2D eigenvalue weighted by Gasteiger charge is 2.26. The third-order valence-electron chi connectivity index (χ3n) is 2.77. The van der Waals surface area contributed by atoms with Gasteiger partial charge in [0.1, 0.15) is 0 Å². The minimum atomic E-state index is -0.474. The lowest BCUT2D eigenvalue weighted by atomic mass is 10.1. The SMILES string of the molecule is CC(C)C1=NN(c2ccc([N+](=O)[O-])cc2)C(=O)C1. The van der Waals surface area contributed by atoms with Crippen LogP contribution in [0.25, 0.3) is 0 Å². The van der Waals surface area contributed by atoms with E-state index >= 15 is 0 Å². The van der Waals surface area contributed by atoms with Gasteiger partial charge in [0.15, 0.2) is 0 Å². The number of benzene rings is 1. The summed E-state index contributed by atoms with van der Waals surface area (Å²) < 4.78 is 0. The molecule has 0 spiro atoms. The van der Waals surface area contributed by atoms with Gasteiger partial charge in [-0.2, -0.15) is 5.10 Å². The average molecular weight is 247 g/mol. The van der Waals surface area contributed by atoms with Crippen molar-refractivity contribution in [3.63, 3.8) is 0 Å². The van der Waals surface area contributed by atoms with Crippen LogP contribution in [0.5, 0.6) is 0 Å². The fourth-order valence-corrected chi connectivity index (χ4v) is 1.69. The zero-order valence-electron chi connectivity index (χ0n) is 10.2. The summed E-state index contributed by atoms with van der Waals surface area (Å²) in [5.41, 5.74) is 1.39. The fraction of sp³-hybridized carbons (Fsp3) is 0.333. The highest BCUT2D eigenvalue weighted by Crippen LogP contribution is 2.24. The quantitative estimate of drug-likeness (QED) is 0.607. The Balaban J connectivity index is 2.26. The predicted molar refractivity (Wildman–Crippen MR) is 67.5 cm³/mol. The maximum atomic E-state index is 11.8. The number of hydrogen-bond donors (Lipinski definition) is 0. The van der Waals surface area contributed by atoms with Crippen molar-refractivity contribution in [2.75, 3.05) is 5.01 Å². The molecule has 0 fully saturated rings. The Morgan fingerprint density at radius 1 is 1.33 bits per heavy atom. The van der Waals surface area contributed by atoms with Crippen LogP contribution in [-0.4, -0.2) is 16.5 Å². The highest BCUT2D eigenvalue weighted by molar-refractivity contribution is 6.13. The number of hydrogen-bond acceptors (Lipinski definition) is 4. The average Bonchev–Trinajstić information content (AvgIpc) is 2.71. The Morgan fingerprint density at radius 2 is 1.94 bits per heavy atom. The summed E-state index contributed by atoms with van der Waals surface area (Å²) >= 11 is 0. The largest absolute Gasteiger partial charge is 0.272 e. The Bertz CT molecular complexity index is 520. The highest BCUT2D eigenvalue weighted by atomic mass is 16.6. The van der Waals surface area contributed by atoms with Crippen LogP contribution < -0.4 is 5.01 Å².